The van der Waals surface area contributed by atoms with Crippen molar-refractivity contribution in [3.05, 3.63) is 28.8 Å². The van der Waals surface area contributed by atoms with Crippen LogP contribution in [0.25, 0.3) is 0 Å². The first-order valence-electron chi connectivity index (χ1n) is 4.54. The van der Waals surface area contributed by atoms with Crippen molar-refractivity contribution in [1.82, 2.24) is 0 Å². The summed E-state index contributed by atoms with van der Waals surface area (Å²) >= 11 is 5.78. The molecule has 1 atom stereocenters. The van der Waals surface area contributed by atoms with E-state index < -0.39 is 19.1 Å². The van der Waals surface area contributed by atoms with E-state index in [4.69, 9.17) is 32.5 Å². The number of halogens is 1. The Morgan fingerprint density at radius 3 is 2.56 bits per heavy atom. The molecule has 86 valence electrons. The molecule has 0 aromatic heterocycles. The van der Waals surface area contributed by atoms with E-state index >= 15 is 0 Å². The van der Waals surface area contributed by atoms with Crippen LogP contribution in [-0.2, 0) is 11.2 Å². The van der Waals surface area contributed by atoms with Crippen molar-refractivity contribution in [1.29, 1.82) is 0 Å². The summed E-state index contributed by atoms with van der Waals surface area (Å²) in [5.74, 6) is -1.10. The Morgan fingerprint density at radius 1 is 1.50 bits per heavy atom. The van der Waals surface area contributed by atoms with Gasteiger partial charge < -0.3 is 20.9 Å². The number of carboxylic acids is 1. The van der Waals surface area contributed by atoms with Crippen LogP contribution in [-0.4, -0.2) is 34.3 Å². The number of carbonyl (C=O) groups is 1. The minimum Gasteiger partial charge on any atom is -0.480 e. The van der Waals surface area contributed by atoms with Crippen LogP contribution in [0, 0.1) is 0 Å². The molecule has 0 fully saturated rings. The Balaban J connectivity index is 2.85. The van der Waals surface area contributed by atoms with E-state index in [9.17, 15) is 4.79 Å². The van der Waals surface area contributed by atoms with Gasteiger partial charge in [-0.15, -0.1) is 0 Å². The Labute approximate surface area is 97.6 Å². The zero-order valence-electron chi connectivity index (χ0n) is 8.30. The lowest BCUT2D eigenvalue weighted by Crippen LogP contribution is -2.33. The quantitative estimate of drug-likeness (QED) is 0.507. The lowest BCUT2D eigenvalue weighted by Gasteiger charge is -2.09. The summed E-state index contributed by atoms with van der Waals surface area (Å²) in [5.41, 5.74) is 6.16. The average Bonchev–Trinajstić information content (AvgIpc) is 2.16. The molecule has 1 aromatic carbocycles. The number of hydrogen-bond donors (Lipinski definition) is 4. The molecule has 0 unspecified atom stereocenters. The molecule has 5 nitrogen and oxygen atoms in total. The van der Waals surface area contributed by atoms with Gasteiger partial charge in [-0.3, -0.25) is 4.79 Å². The van der Waals surface area contributed by atoms with Crippen LogP contribution < -0.4 is 11.2 Å². The van der Waals surface area contributed by atoms with Gasteiger partial charge in [0.15, 0.2) is 0 Å². The van der Waals surface area contributed by atoms with Crippen LogP contribution in [0.15, 0.2) is 18.2 Å². The van der Waals surface area contributed by atoms with E-state index in [0.29, 0.717) is 5.56 Å². The van der Waals surface area contributed by atoms with Crippen molar-refractivity contribution in [3.8, 4) is 0 Å². The van der Waals surface area contributed by atoms with E-state index in [1.807, 2.05) is 0 Å². The first-order valence-corrected chi connectivity index (χ1v) is 4.92. The zero-order valence-corrected chi connectivity index (χ0v) is 9.05. The highest BCUT2D eigenvalue weighted by atomic mass is 35.5. The summed E-state index contributed by atoms with van der Waals surface area (Å²) in [6, 6.07) is 3.46. The lowest BCUT2D eigenvalue weighted by atomic mass is 9.79. The maximum atomic E-state index is 10.5. The second kappa shape index (κ2) is 5.31. The summed E-state index contributed by atoms with van der Waals surface area (Å²) in [6.07, 6.45) is 0.136. The number of hydrogen-bond acceptors (Lipinski definition) is 4. The van der Waals surface area contributed by atoms with Crippen molar-refractivity contribution >= 4 is 30.2 Å². The van der Waals surface area contributed by atoms with Crippen molar-refractivity contribution in [3.63, 3.8) is 0 Å². The van der Waals surface area contributed by atoms with E-state index in [0.717, 1.165) is 0 Å². The molecule has 0 aliphatic heterocycles. The van der Waals surface area contributed by atoms with Gasteiger partial charge in [-0.25, -0.2) is 0 Å². The number of nitrogens with two attached hydrogens (primary N) is 1. The molecule has 0 spiro atoms. The highest BCUT2D eigenvalue weighted by Crippen LogP contribution is 2.11. The maximum Gasteiger partial charge on any atom is 0.489 e. The summed E-state index contributed by atoms with van der Waals surface area (Å²) in [4.78, 5) is 10.5. The van der Waals surface area contributed by atoms with Crippen LogP contribution >= 0.6 is 11.6 Å². The lowest BCUT2D eigenvalue weighted by molar-refractivity contribution is -0.138. The molecular formula is C9H11BClNO4. The minimum absolute atomic E-state index is 0.136. The first kappa shape index (κ1) is 13.0. The fraction of sp³-hybridized carbons (Fsp3) is 0.222. The van der Waals surface area contributed by atoms with Crippen LogP contribution in [0.2, 0.25) is 5.02 Å². The standard InChI is InChI=1S/C9H11BClNO4/c11-7-3-5(4-8(12)9(13)14)1-2-6(7)10(15)16/h1-3,8,15-16H,4,12H2,(H,13,14)/t8-/m0/s1. The third-order valence-corrected chi connectivity index (χ3v) is 2.44. The smallest absolute Gasteiger partial charge is 0.480 e. The van der Waals surface area contributed by atoms with Gasteiger partial charge in [-0.2, -0.15) is 0 Å². The van der Waals surface area contributed by atoms with Gasteiger partial charge in [0.05, 0.1) is 0 Å². The van der Waals surface area contributed by atoms with Crippen LogP contribution in [0.5, 0.6) is 0 Å². The van der Waals surface area contributed by atoms with Gasteiger partial charge in [-0.1, -0.05) is 23.7 Å². The van der Waals surface area contributed by atoms with E-state index in [1.54, 1.807) is 6.07 Å². The van der Waals surface area contributed by atoms with Gasteiger partial charge >= 0.3 is 13.1 Å². The molecule has 7 heteroatoms. The first-order chi connectivity index (χ1) is 7.41. The Bertz CT molecular complexity index is 399. The third-order valence-electron chi connectivity index (χ3n) is 2.12. The summed E-state index contributed by atoms with van der Waals surface area (Å²) in [7, 11) is -1.64. The molecule has 1 aromatic rings. The molecular weight excluding hydrogens is 232 g/mol. The highest BCUT2D eigenvalue weighted by molar-refractivity contribution is 6.62. The van der Waals surface area contributed by atoms with Gasteiger partial charge in [0, 0.05) is 10.5 Å². The zero-order chi connectivity index (χ0) is 12.3. The predicted octanol–water partition coefficient (Wildman–Crippen LogP) is -1.03. The molecule has 16 heavy (non-hydrogen) atoms. The van der Waals surface area contributed by atoms with E-state index in [2.05, 4.69) is 0 Å². The predicted molar refractivity (Wildman–Crippen MR) is 60.6 cm³/mol. The molecule has 0 bridgehead atoms. The molecule has 0 aliphatic carbocycles. The third kappa shape index (κ3) is 3.21. The molecule has 0 amide bonds. The maximum absolute atomic E-state index is 10.5. The van der Waals surface area contributed by atoms with Gasteiger partial charge in [0.1, 0.15) is 6.04 Å². The molecule has 1 rings (SSSR count). The van der Waals surface area contributed by atoms with Crippen LogP contribution in [0.1, 0.15) is 5.56 Å². The number of aliphatic carboxylic acids is 1. The molecule has 5 N–H and O–H groups in total. The molecule has 0 saturated heterocycles. The Kier molecular flexibility index (Phi) is 4.31. The normalized spacial score (nSPS) is 12.2. The fourth-order valence-corrected chi connectivity index (χ4v) is 1.55. The van der Waals surface area contributed by atoms with Gasteiger partial charge in [0.2, 0.25) is 0 Å². The molecule has 0 saturated carbocycles. The van der Waals surface area contributed by atoms with Crippen molar-refractivity contribution in [2.24, 2.45) is 5.73 Å². The average molecular weight is 243 g/mol. The fourth-order valence-electron chi connectivity index (χ4n) is 1.25. The minimum atomic E-state index is -1.64. The van der Waals surface area contributed by atoms with Gasteiger partial charge in [-0.05, 0) is 18.1 Å². The van der Waals surface area contributed by atoms with Gasteiger partial charge in [0.25, 0.3) is 0 Å². The van der Waals surface area contributed by atoms with Crippen molar-refractivity contribution in [2.75, 3.05) is 0 Å². The van der Waals surface area contributed by atoms with E-state index in [1.165, 1.54) is 12.1 Å². The topological polar surface area (TPSA) is 104 Å². The van der Waals surface area contributed by atoms with Crippen LogP contribution in [0.4, 0.5) is 0 Å². The summed E-state index contributed by atoms with van der Waals surface area (Å²) in [5, 5.41) is 26.6. The Hall–Kier alpha value is -1.08. The molecule has 0 radical (unpaired) electrons. The van der Waals surface area contributed by atoms with Crippen molar-refractivity contribution in [2.45, 2.75) is 12.5 Å². The highest BCUT2D eigenvalue weighted by Gasteiger charge is 2.17. The SMILES string of the molecule is N[C@@H](Cc1ccc(B(O)O)c(Cl)c1)C(=O)O. The summed E-state index contributed by atoms with van der Waals surface area (Å²) < 4.78 is 0. The van der Waals surface area contributed by atoms with Crippen molar-refractivity contribution < 1.29 is 19.9 Å². The monoisotopic (exact) mass is 243 g/mol. The molecule has 0 heterocycles. The number of benzene rings is 1. The largest absolute Gasteiger partial charge is 0.489 e. The second-order valence-corrected chi connectivity index (χ2v) is 3.79. The number of carboxylic acid groups (broad SMARTS) is 1. The molecule has 0 aliphatic rings. The van der Waals surface area contributed by atoms with E-state index in [-0.39, 0.29) is 16.9 Å². The Morgan fingerprint density at radius 2 is 2.12 bits per heavy atom. The second-order valence-electron chi connectivity index (χ2n) is 3.38. The summed E-state index contributed by atoms with van der Waals surface area (Å²) in [6.45, 7) is 0. The number of rotatable bonds is 4. The van der Waals surface area contributed by atoms with Crippen LogP contribution in [0.3, 0.4) is 0 Å².